The number of benzene rings is 1. The van der Waals surface area contributed by atoms with E-state index in [1.807, 2.05) is 6.07 Å². The molecule has 1 saturated heterocycles. The standard InChI is InChI=1S/C14H13BrO5/c1-17-11(16)5-18-9-3-6(15)2-7-12-8(19-13(7)9)4-10-14(12)20-10/h2-3,8,10,12,14H,4-5H2,1H3. The minimum atomic E-state index is -0.414. The van der Waals surface area contributed by atoms with E-state index >= 15 is 0 Å². The molecule has 4 unspecified atom stereocenters. The van der Waals surface area contributed by atoms with E-state index in [0.29, 0.717) is 11.9 Å². The Hall–Kier alpha value is -1.27. The summed E-state index contributed by atoms with van der Waals surface area (Å²) in [4.78, 5) is 11.2. The zero-order valence-electron chi connectivity index (χ0n) is 10.8. The average molecular weight is 341 g/mol. The van der Waals surface area contributed by atoms with Gasteiger partial charge in [-0.3, -0.25) is 0 Å². The predicted octanol–water partition coefficient (Wildman–Crippen LogP) is 2.02. The quantitative estimate of drug-likeness (QED) is 0.622. The van der Waals surface area contributed by atoms with Crippen molar-refractivity contribution in [2.75, 3.05) is 13.7 Å². The topological polar surface area (TPSA) is 57.3 Å². The van der Waals surface area contributed by atoms with Gasteiger partial charge in [-0.1, -0.05) is 15.9 Å². The highest BCUT2D eigenvalue weighted by atomic mass is 79.9. The third-order valence-electron chi connectivity index (χ3n) is 4.09. The van der Waals surface area contributed by atoms with Gasteiger partial charge in [0.2, 0.25) is 0 Å². The Morgan fingerprint density at radius 1 is 1.45 bits per heavy atom. The maximum Gasteiger partial charge on any atom is 0.343 e. The van der Waals surface area contributed by atoms with E-state index < -0.39 is 5.97 Å². The molecule has 0 radical (unpaired) electrons. The number of halogens is 1. The Balaban J connectivity index is 1.65. The summed E-state index contributed by atoms with van der Waals surface area (Å²) in [5.74, 6) is 1.18. The normalized spacial score (nSPS) is 31.9. The first-order valence-corrected chi connectivity index (χ1v) is 7.32. The van der Waals surface area contributed by atoms with Crippen molar-refractivity contribution in [2.45, 2.75) is 30.7 Å². The van der Waals surface area contributed by atoms with Gasteiger partial charge >= 0.3 is 5.97 Å². The van der Waals surface area contributed by atoms with Gasteiger partial charge in [-0.15, -0.1) is 0 Å². The average Bonchev–Trinajstić information content (AvgIpc) is 2.94. The molecule has 106 valence electrons. The molecular weight excluding hydrogens is 328 g/mol. The molecule has 0 amide bonds. The summed E-state index contributed by atoms with van der Waals surface area (Å²) < 4.78 is 22.6. The van der Waals surface area contributed by atoms with Crippen LogP contribution in [0, 0.1) is 0 Å². The van der Waals surface area contributed by atoms with Crippen LogP contribution >= 0.6 is 15.9 Å². The van der Waals surface area contributed by atoms with E-state index in [4.69, 9.17) is 14.2 Å². The van der Waals surface area contributed by atoms with Crippen LogP contribution in [-0.2, 0) is 14.3 Å². The van der Waals surface area contributed by atoms with Crippen molar-refractivity contribution in [2.24, 2.45) is 0 Å². The number of fused-ring (bicyclic) bond motifs is 5. The van der Waals surface area contributed by atoms with Gasteiger partial charge in [-0.2, -0.15) is 0 Å². The summed E-state index contributed by atoms with van der Waals surface area (Å²) in [5.41, 5.74) is 1.11. The van der Waals surface area contributed by atoms with Gasteiger partial charge in [0.15, 0.2) is 18.1 Å². The highest BCUT2D eigenvalue weighted by Gasteiger charge is 2.60. The number of rotatable bonds is 3. The van der Waals surface area contributed by atoms with Crippen LogP contribution in [0.1, 0.15) is 17.9 Å². The van der Waals surface area contributed by atoms with Crippen LogP contribution in [-0.4, -0.2) is 38.0 Å². The summed E-state index contributed by atoms with van der Waals surface area (Å²) in [5, 5.41) is 0. The molecule has 20 heavy (non-hydrogen) atoms. The van der Waals surface area contributed by atoms with E-state index in [9.17, 15) is 4.79 Å². The smallest absolute Gasteiger partial charge is 0.343 e. The minimum absolute atomic E-state index is 0.124. The van der Waals surface area contributed by atoms with Crippen LogP contribution in [0.5, 0.6) is 11.5 Å². The van der Waals surface area contributed by atoms with Crippen molar-refractivity contribution in [1.82, 2.24) is 0 Å². The fourth-order valence-corrected chi connectivity index (χ4v) is 3.62. The number of epoxide rings is 1. The molecule has 6 heteroatoms. The van der Waals surface area contributed by atoms with Crippen LogP contribution in [0.4, 0.5) is 0 Å². The van der Waals surface area contributed by atoms with Crippen molar-refractivity contribution in [3.05, 3.63) is 22.2 Å². The van der Waals surface area contributed by atoms with E-state index in [-0.39, 0.29) is 24.7 Å². The first-order chi connectivity index (χ1) is 9.67. The fraction of sp³-hybridized carbons (Fsp3) is 0.500. The Morgan fingerprint density at radius 2 is 2.30 bits per heavy atom. The second-order valence-corrected chi connectivity index (χ2v) is 6.16. The van der Waals surface area contributed by atoms with Gasteiger partial charge in [0.05, 0.1) is 25.2 Å². The molecule has 2 heterocycles. The molecule has 1 aromatic rings. The number of esters is 1. The zero-order valence-corrected chi connectivity index (χ0v) is 12.4. The van der Waals surface area contributed by atoms with Crippen LogP contribution in [0.15, 0.2) is 16.6 Å². The first kappa shape index (κ1) is 12.5. The monoisotopic (exact) mass is 340 g/mol. The van der Waals surface area contributed by atoms with Gasteiger partial charge in [0.25, 0.3) is 0 Å². The summed E-state index contributed by atoms with van der Waals surface area (Å²) in [6.07, 6.45) is 1.74. The Morgan fingerprint density at radius 3 is 3.10 bits per heavy atom. The lowest BCUT2D eigenvalue weighted by atomic mass is 9.97. The van der Waals surface area contributed by atoms with E-state index in [1.165, 1.54) is 7.11 Å². The van der Waals surface area contributed by atoms with Gasteiger partial charge in [0, 0.05) is 16.5 Å². The SMILES string of the molecule is COC(=O)COc1cc(Br)cc2c1OC1CC3OC3C21. The fourth-order valence-electron chi connectivity index (χ4n) is 3.16. The van der Waals surface area contributed by atoms with Crippen molar-refractivity contribution in [3.8, 4) is 11.5 Å². The van der Waals surface area contributed by atoms with Crippen LogP contribution in [0.2, 0.25) is 0 Å². The molecule has 3 aliphatic rings. The predicted molar refractivity (Wildman–Crippen MR) is 72.1 cm³/mol. The second kappa shape index (κ2) is 4.36. The molecule has 2 aliphatic heterocycles. The lowest BCUT2D eigenvalue weighted by Gasteiger charge is -2.12. The third kappa shape index (κ3) is 1.82. The molecule has 1 aromatic carbocycles. The van der Waals surface area contributed by atoms with Gasteiger partial charge in [-0.05, 0) is 12.1 Å². The molecule has 4 rings (SSSR count). The third-order valence-corrected chi connectivity index (χ3v) is 4.55. The van der Waals surface area contributed by atoms with Crippen molar-refractivity contribution < 1.29 is 23.7 Å². The van der Waals surface area contributed by atoms with Crippen molar-refractivity contribution in [3.63, 3.8) is 0 Å². The summed E-state index contributed by atoms with van der Waals surface area (Å²) >= 11 is 3.48. The van der Waals surface area contributed by atoms with Crippen LogP contribution < -0.4 is 9.47 Å². The highest BCUT2D eigenvalue weighted by Crippen LogP contribution is 2.58. The second-order valence-electron chi connectivity index (χ2n) is 5.24. The Bertz CT molecular complexity index is 587. The maximum absolute atomic E-state index is 11.2. The number of methoxy groups -OCH3 is 1. The number of ether oxygens (including phenoxy) is 4. The number of hydrogen-bond acceptors (Lipinski definition) is 5. The maximum atomic E-state index is 11.2. The highest BCUT2D eigenvalue weighted by molar-refractivity contribution is 9.10. The molecule has 0 aromatic heterocycles. The summed E-state index contributed by atoms with van der Waals surface area (Å²) in [6.45, 7) is -0.124. The van der Waals surface area contributed by atoms with Crippen LogP contribution in [0.25, 0.3) is 0 Å². The lowest BCUT2D eigenvalue weighted by molar-refractivity contribution is -0.142. The summed E-state index contributed by atoms with van der Waals surface area (Å²) in [7, 11) is 1.34. The van der Waals surface area contributed by atoms with E-state index in [1.54, 1.807) is 0 Å². The summed E-state index contributed by atoms with van der Waals surface area (Å²) in [6, 6.07) is 3.86. The molecule has 0 N–H and O–H groups in total. The number of hydrogen-bond donors (Lipinski definition) is 0. The van der Waals surface area contributed by atoms with E-state index in [0.717, 1.165) is 22.2 Å². The van der Waals surface area contributed by atoms with Gasteiger partial charge in [0.1, 0.15) is 6.10 Å². The molecular formula is C14H13BrO5. The lowest BCUT2D eigenvalue weighted by Crippen LogP contribution is -2.17. The molecule has 1 saturated carbocycles. The number of carbonyl (C=O) groups is 1. The minimum Gasteiger partial charge on any atom is -0.485 e. The number of carbonyl (C=O) groups excluding carboxylic acids is 1. The zero-order chi connectivity index (χ0) is 13.9. The first-order valence-electron chi connectivity index (χ1n) is 6.52. The van der Waals surface area contributed by atoms with E-state index in [2.05, 4.69) is 26.7 Å². The Labute approximate surface area is 124 Å². The van der Waals surface area contributed by atoms with Gasteiger partial charge in [-0.25, -0.2) is 4.79 Å². The molecule has 4 atom stereocenters. The van der Waals surface area contributed by atoms with Gasteiger partial charge < -0.3 is 18.9 Å². The largest absolute Gasteiger partial charge is 0.485 e. The molecule has 0 bridgehead atoms. The van der Waals surface area contributed by atoms with Crippen molar-refractivity contribution in [1.29, 1.82) is 0 Å². The van der Waals surface area contributed by atoms with Crippen LogP contribution in [0.3, 0.4) is 0 Å². The molecule has 5 nitrogen and oxygen atoms in total. The molecule has 2 fully saturated rings. The molecule has 0 spiro atoms. The molecule has 1 aliphatic carbocycles. The Kier molecular flexibility index (Phi) is 2.72. The van der Waals surface area contributed by atoms with Crippen molar-refractivity contribution >= 4 is 21.9 Å².